The SMILES string of the molecule is CC(C)OCCC(O)OC(CO)C(C)(C)OCCNCCN1C(=O)C=CC1=O. The molecule has 0 aromatic heterocycles. The Morgan fingerprint density at radius 1 is 1.14 bits per heavy atom. The summed E-state index contributed by atoms with van der Waals surface area (Å²) < 4.78 is 16.7. The van der Waals surface area contributed by atoms with Crippen molar-refractivity contribution in [1.29, 1.82) is 0 Å². The number of hydrogen-bond acceptors (Lipinski definition) is 8. The van der Waals surface area contributed by atoms with E-state index in [4.69, 9.17) is 14.2 Å². The highest BCUT2D eigenvalue weighted by molar-refractivity contribution is 6.12. The minimum atomic E-state index is -1.05. The highest BCUT2D eigenvalue weighted by Gasteiger charge is 2.32. The van der Waals surface area contributed by atoms with E-state index in [-0.39, 0.29) is 24.5 Å². The minimum Gasteiger partial charge on any atom is -0.394 e. The first-order valence-electron chi connectivity index (χ1n) is 9.61. The first kappa shape index (κ1) is 24.7. The predicted molar refractivity (Wildman–Crippen MR) is 102 cm³/mol. The number of hydrogen-bond donors (Lipinski definition) is 3. The lowest BCUT2D eigenvalue weighted by molar-refractivity contribution is -0.215. The van der Waals surface area contributed by atoms with Crippen LogP contribution >= 0.6 is 0 Å². The fraction of sp³-hybridized carbons (Fsp3) is 0.789. The Hall–Kier alpha value is -1.36. The van der Waals surface area contributed by atoms with E-state index < -0.39 is 18.0 Å². The molecule has 0 spiro atoms. The molecule has 0 saturated heterocycles. The molecule has 9 heteroatoms. The standard InChI is InChI=1S/C19H34N2O7/c1-14(2)26-11-7-18(25)28-15(13-22)19(3,4)27-12-9-20-8-10-21-16(23)5-6-17(21)24/h5-6,14-15,18,20,22,25H,7-13H2,1-4H3. The lowest BCUT2D eigenvalue weighted by atomic mass is 10.0. The van der Waals surface area contributed by atoms with Crippen LogP contribution in [0.3, 0.4) is 0 Å². The molecular weight excluding hydrogens is 368 g/mol. The summed E-state index contributed by atoms with van der Waals surface area (Å²) in [5, 5.41) is 22.7. The third-order valence-electron chi connectivity index (χ3n) is 4.24. The van der Waals surface area contributed by atoms with Crippen LogP contribution in [0, 0.1) is 0 Å². The summed E-state index contributed by atoms with van der Waals surface area (Å²) in [4.78, 5) is 24.0. The van der Waals surface area contributed by atoms with Gasteiger partial charge in [-0.05, 0) is 27.7 Å². The number of amides is 2. The van der Waals surface area contributed by atoms with Crippen LogP contribution in [-0.2, 0) is 23.8 Å². The van der Waals surface area contributed by atoms with E-state index in [9.17, 15) is 19.8 Å². The van der Waals surface area contributed by atoms with E-state index in [0.29, 0.717) is 39.3 Å². The zero-order chi connectivity index (χ0) is 21.2. The van der Waals surface area contributed by atoms with Crippen LogP contribution in [0.5, 0.6) is 0 Å². The maximum atomic E-state index is 11.4. The molecule has 0 aromatic carbocycles. The van der Waals surface area contributed by atoms with Crippen LogP contribution in [0.4, 0.5) is 0 Å². The van der Waals surface area contributed by atoms with E-state index >= 15 is 0 Å². The molecule has 2 amide bonds. The van der Waals surface area contributed by atoms with Gasteiger partial charge in [0, 0.05) is 38.2 Å². The van der Waals surface area contributed by atoms with Gasteiger partial charge < -0.3 is 29.7 Å². The number of nitrogens with one attached hydrogen (secondary N) is 1. The monoisotopic (exact) mass is 402 g/mol. The molecule has 3 N–H and O–H groups in total. The molecule has 162 valence electrons. The van der Waals surface area contributed by atoms with Gasteiger partial charge in [0.1, 0.15) is 6.10 Å². The largest absolute Gasteiger partial charge is 0.394 e. The van der Waals surface area contributed by atoms with Gasteiger partial charge in [-0.3, -0.25) is 14.5 Å². The summed E-state index contributed by atoms with van der Waals surface area (Å²) in [6.07, 6.45) is 1.13. The van der Waals surface area contributed by atoms with Gasteiger partial charge in [0.2, 0.25) is 0 Å². The summed E-state index contributed by atoms with van der Waals surface area (Å²) in [7, 11) is 0. The van der Waals surface area contributed by atoms with Gasteiger partial charge in [-0.2, -0.15) is 0 Å². The Kier molecular flexibility index (Phi) is 10.8. The second kappa shape index (κ2) is 12.3. The molecule has 0 saturated carbocycles. The Morgan fingerprint density at radius 3 is 2.36 bits per heavy atom. The quantitative estimate of drug-likeness (QED) is 0.196. The molecule has 9 nitrogen and oxygen atoms in total. The van der Waals surface area contributed by atoms with E-state index in [1.807, 2.05) is 13.8 Å². The molecular formula is C19H34N2O7. The maximum Gasteiger partial charge on any atom is 0.253 e. The molecule has 0 fully saturated rings. The van der Waals surface area contributed by atoms with Gasteiger partial charge in [-0.1, -0.05) is 0 Å². The predicted octanol–water partition coefficient (Wildman–Crippen LogP) is -0.193. The summed E-state index contributed by atoms with van der Waals surface area (Å²) in [6, 6.07) is 0. The zero-order valence-corrected chi connectivity index (χ0v) is 17.2. The van der Waals surface area contributed by atoms with Crippen LogP contribution in [0.15, 0.2) is 12.2 Å². The van der Waals surface area contributed by atoms with Crippen molar-refractivity contribution >= 4 is 11.8 Å². The maximum absolute atomic E-state index is 11.4. The third-order valence-corrected chi connectivity index (χ3v) is 4.24. The van der Waals surface area contributed by atoms with Crippen molar-refractivity contribution in [2.24, 2.45) is 0 Å². The fourth-order valence-corrected chi connectivity index (χ4v) is 2.54. The van der Waals surface area contributed by atoms with Gasteiger partial charge in [-0.15, -0.1) is 0 Å². The van der Waals surface area contributed by atoms with Gasteiger partial charge in [0.05, 0.1) is 31.5 Å². The number of aliphatic hydroxyl groups excluding tert-OH is 2. The summed E-state index contributed by atoms with van der Waals surface area (Å²) in [5.74, 6) is -0.603. The Morgan fingerprint density at radius 2 is 1.79 bits per heavy atom. The van der Waals surface area contributed by atoms with Crippen LogP contribution in [0.25, 0.3) is 0 Å². The van der Waals surface area contributed by atoms with Crippen molar-refractivity contribution in [2.45, 2.75) is 58.2 Å². The van der Waals surface area contributed by atoms with Crippen LogP contribution in [0.2, 0.25) is 0 Å². The van der Waals surface area contributed by atoms with Crippen molar-refractivity contribution in [3.63, 3.8) is 0 Å². The molecule has 28 heavy (non-hydrogen) atoms. The van der Waals surface area contributed by atoms with Crippen molar-refractivity contribution in [3.05, 3.63) is 12.2 Å². The minimum absolute atomic E-state index is 0.0751. The number of nitrogens with zero attached hydrogens (tertiary/aromatic N) is 1. The number of imide groups is 1. The smallest absolute Gasteiger partial charge is 0.253 e. The average Bonchev–Trinajstić information content (AvgIpc) is 2.93. The Labute approximate surface area is 166 Å². The first-order chi connectivity index (χ1) is 13.2. The number of carbonyl (C=O) groups excluding carboxylic acids is 2. The molecule has 1 aliphatic rings. The van der Waals surface area contributed by atoms with Gasteiger partial charge >= 0.3 is 0 Å². The van der Waals surface area contributed by atoms with Crippen molar-refractivity contribution < 1.29 is 34.0 Å². The second-order valence-corrected chi connectivity index (χ2v) is 7.33. The van der Waals surface area contributed by atoms with Gasteiger partial charge in [0.15, 0.2) is 6.29 Å². The van der Waals surface area contributed by atoms with Crippen molar-refractivity contribution in [2.75, 3.05) is 39.5 Å². The van der Waals surface area contributed by atoms with E-state index in [2.05, 4.69) is 5.32 Å². The van der Waals surface area contributed by atoms with Crippen LogP contribution in [0.1, 0.15) is 34.1 Å². The van der Waals surface area contributed by atoms with E-state index in [1.165, 1.54) is 12.2 Å². The average molecular weight is 402 g/mol. The number of aliphatic hydroxyl groups is 2. The molecule has 1 heterocycles. The lowest BCUT2D eigenvalue weighted by Gasteiger charge is -2.34. The zero-order valence-electron chi connectivity index (χ0n) is 17.2. The molecule has 0 radical (unpaired) electrons. The highest BCUT2D eigenvalue weighted by Crippen LogP contribution is 2.19. The molecule has 1 rings (SSSR count). The topological polar surface area (TPSA) is 118 Å². The molecule has 0 aliphatic carbocycles. The van der Waals surface area contributed by atoms with Crippen molar-refractivity contribution in [3.8, 4) is 0 Å². The van der Waals surface area contributed by atoms with Crippen LogP contribution in [-0.4, -0.2) is 90.5 Å². The lowest BCUT2D eigenvalue weighted by Crippen LogP contribution is -2.46. The van der Waals surface area contributed by atoms with Crippen LogP contribution < -0.4 is 5.32 Å². The number of ether oxygens (including phenoxy) is 3. The fourth-order valence-electron chi connectivity index (χ4n) is 2.54. The Balaban J connectivity index is 2.24. The first-order valence-corrected chi connectivity index (χ1v) is 9.61. The van der Waals surface area contributed by atoms with Crippen molar-refractivity contribution in [1.82, 2.24) is 10.2 Å². The Bertz CT molecular complexity index is 504. The van der Waals surface area contributed by atoms with Gasteiger partial charge in [0.25, 0.3) is 11.8 Å². The second-order valence-electron chi connectivity index (χ2n) is 7.33. The summed E-state index contributed by atoms with van der Waals surface area (Å²) in [6.45, 7) is 9.01. The molecule has 1 aliphatic heterocycles. The number of carbonyl (C=O) groups is 2. The van der Waals surface area contributed by atoms with E-state index in [1.54, 1.807) is 13.8 Å². The van der Waals surface area contributed by atoms with E-state index in [0.717, 1.165) is 4.90 Å². The summed E-state index contributed by atoms with van der Waals surface area (Å²) in [5.41, 5.74) is -0.818. The third kappa shape index (κ3) is 8.76. The number of rotatable bonds is 15. The molecule has 2 atom stereocenters. The normalized spacial score (nSPS) is 17.0. The summed E-state index contributed by atoms with van der Waals surface area (Å²) >= 11 is 0. The van der Waals surface area contributed by atoms with Gasteiger partial charge in [-0.25, -0.2) is 0 Å². The molecule has 2 unspecified atom stereocenters. The molecule has 0 bridgehead atoms. The highest BCUT2D eigenvalue weighted by atomic mass is 16.6. The molecule has 0 aromatic rings.